The van der Waals surface area contributed by atoms with Crippen molar-refractivity contribution in [3.8, 4) is 0 Å². The summed E-state index contributed by atoms with van der Waals surface area (Å²) in [5.41, 5.74) is 1.66. The van der Waals surface area contributed by atoms with Gasteiger partial charge in [-0.3, -0.25) is 9.89 Å². The van der Waals surface area contributed by atoms with E-state index in [1.54, 1.807) is 11.3 Å². The highest BCUT2D eigenvalue weighted by Crippen LogP contribution is 2.29. The van der Waals surface area contributed by atoms with Gasteiger partial charge in [0.15, 0.2) is 5.96 Å². The van der Waals surface area contributed by atoms with Crippen molar-refractivity contribution in [1.29, 1.82) is 0 Å². The molecule has 0 saturated carbocycles. The summed E-state index contributed by atoms with van der Waals surface area (Å²) in [6.45, 7) is 16.6. The van der Waals surface area contributed by atoms with Crippen molar-refractivity contribution in [1.82, 2.24) is 20.1 Å². The van der Waals surface area contributed by atoms with E-state index in [4.69, 9.17) is 9.98 Å². The lowest BCUT2D eigenvalue weighted by Gasteiger charge is -2.31. The van der Waals surface area contributed by atoms with Crippen molar-refractivity contribution in [3.05, 3.63) is 16.1 Å². The topological polar surface area (TPSA) is 43.8 Å². The fraction of sp³-hybridized carbons (Fsp3) is 0.810. The molecule has 3 rings (SSSR count). The van der Waals surface area contributed by atoms with Crippen molar-refractivity contribution in [2.45, 2.75) is 59.9 Å². The molecule has 152 valence electrons. The summed E-state index contributed by atoms with van der Waals surface area (Å²) in [7, 11) is 0. The van der Waals surface area contributed by atoms with Gasteiger partial charge in [-0.05, 0) is 57.0 Å². The monoisotopic (exact) mass is 391 g/mol. The van der Waals surface area contributed by atoms with E-state index in [1.807, 2.05) is 0 Å². The second-order valence-corrected chi connectivity index (χ2v) is 9.78. The van der Waals surface area contributed by atoms with Crippen LogP contribution in [0.5, 0.6) is 0 Å². The number of likely N-dealkylation sites (tertiary alicyclic amines) is 2. The van der Waals surface area contributed by atoms with Crippen LogP contribution in [0, 0.1) is 11.3 Å². The number of thiazole rings is 1. The first-order valence-electron chi connectivity index (χ1n) is 10.7. The van der Waals surface area contributed by atoms with Crippen LogP contribution in [-0.4, -0.2) is 60.0 Å². The molecule has 6 heteroatoms. The third-order valence-corrected chi connectivity index (χ3v) is 6.85. The van der Waals surface area contributed by atoms with Crippen LogP contribution >= 0.6 is 11.3 Å². The van der Waals surface area contributed by atoms with Gasteiger partial charge in [-0.1, -0.05) is 20.8 Å². The molecule has 0 unspecified atom stereocenters. The lowest BCUT2D eigenvalue weighted by Crippen LogP contribution is -2.41. The molecule has 0 bridgehead atoms. The van der Waals surface area contributed by atoms with Crippen LogP contribution in [0.15, 0.2) is 10.4 Å². The van der Waals surface area contributed by atoms with Gasteiger partial charge >= 0.3 is 0 Å². The Morgan fingerprint density at radius 3 is 2.67 bits per heavy atom. The molecule has 2 saturated heterocycles. The number of nitrogens with zero attached hydrogens (tertiary/aromatic N) is 4. The summed E-state index contributed by atoms with van der Waals surface area (Å²) in [5, 5.41) is 7.00. The zero-order valence-electron chi connectivity index (χ0n) is 17.6. The molecule has 0 spiro atoms. The van der Waals surface area contributed by atoms with Gasteiger partial charge in [-0.15, -0.1) is 11.3 Å². The first kappa shape index (κ1) is 20.6. The minimum atomic E-state index is 0.412. The standard InChI is InChI=1S/C21H37N5S/c1-5-19-24-18(15-27-19)14-25-10-7-17(8-11-25)13-23-20(22-6-2)26-12-9-21(3,4)16-26/h15,17H,5-14,16H2,1-4H3,(H,22,23). The molecule has 0 aromatic carbocycles. The number of aryl methyl sites for hydroxylation is 1. The van der Waals surface area contributed by atoms with Crippen LogP contribution in [0.1, 0.15) is 57.7 Å². The first-order valence-corrected chi connectivity index (χ1v) is 11.6. The van der Waals surface area contributed by atoms with E-state index in [1.165, 1.54) is 43.1 Å². The Hall–Kier alpha value is -1.14. The Balaban J connectivity index is 1.46. The maximum atomic E-state index is 5.01. The smallest absolute Gasteiger partial charge is 0.193 e. The second kappa shape index (κ2) is 9.37. The summed E-state index contributed by atoms with van der Waals surface area (Å²) in [5.74, 6) is 1.84. The van der Waals surface area contributed by atoms with Gasteiger partial charge in [-0.2, -0.15) is 0 Å². The van der Waals surface area contributed by atoms with Crippen molar-refractivity contribution in [3.63, 3.8) is 0 Å². The Kier molecular flexibility index (Phi) is 7.15. The van der Waals surface area contributed by atoms with E-state index < -0.39 is 0 Å². The molecule has 27 heavy (non-hydrogen) atoms. The van der Waals surface area contributed by atoms with Gasteiger partial charge < -0.3 is 10.2 Å². The summed E-state index contributed by atoms with van der Waals surface area (Å²) in [6.07, 6.45) is 4.80. The molecular weight excluding hydrogens is 354 g/mol. The van der Waals surface area contributed by atoms with E-state index in [9.17, 15) is 0 Å². The maximum Gasteiger partial charge on any atom is 0.193 e. The largest absolute Gasteiger partial charge is 0.357 e. The lowest BCUT2D eigenvalue weighted by atomic mass is 9.93. The number of piperidine rings is 1. The van der Waals surface area contributed by atoms with Gasteiger partial charge in [0.2, 0.25) is 0 Å². The quantitative estimate of drug-likeness (QED) is 0.594. The van der Waals surface area contributed by atoms with E-state index in [0.717, 1.165) is 45.1 Å². The summed E-state index contributed by atoms with van der Waals surface area (Å²) < 4.78 is 0. The fourth-order valence-corrected chi connectivity index (χ4v) is 4.81. The number of aromatic nitrogens is 1. The third-order valence-electron chi connectivity index (χ3n) is 5.81. The van der Waals surface area contributed by atoms with Crippen LogP contribution in [0.2, 0.25) is 0 Å². The van der Waals surface area contributed by atoms with Crippen LogP contribution in [0.25, 0.3) is 0 Å². The zero-order valence-corrected chi connectivity index (χ0v) is 18.4. The van der Waals surface area contributed by atoms with Crippen molar-refractivity contribution in [2.75, 3.05) is 39.3 Å². The highest BCUT2D eigenvalue weighted by atomic mass is 32.1. The van der Waals surface area contributed by atoms with Crippen LogP contribution in [0.3, 0.4) is 0 Å². The maximum absolute atomic E-state index is 5.01. The molecule has 0 radical (unpaired) electrons. The Morgan fingerprint density at radius 1 is 1.30 bits per heavy atom. The van der Waals surface area contributed by atoms with Crippen molar-refractivity contribution < 1.29 is 0 Å². The number of aliphatic imine (C=N–C) groups is 1. The predicted molar refractivity (Wildman–Crippen MR) is 115 cm³/mol. The minimum absolute atomic E-state index is 0.412. The predicted octanol–water partition coefficient (Wildman–Crippen LogP) is 3.61. The lowest BCUT2D eigenvalue weighted by molar-refractivity contribution is 0.179. The average molecular weight is 392 g/mol. The molecule has 2 aliphatic rings. The normalized spacial score (nSPS) is 21.8. The molecule has 0 amide bonds. The average Bonchev–Trinajstić information content (AvgIpc) is 3.25. The molecule has 0 atom stereocenters. The number of hydrogen-bond acceptors (Lipinski definition) is 4. The van der Waals surface area contributed by atoms with E-state index in [0.29, 0.717) is 11.3 Å². The number of nitrogens with one attached hydrogen (secondary N) is 1. The van der Waals surface area contributed by atoms with Crippen LogP contribution in [0.4, 0.5) is 0 Å². The van der Waals surface area contributed by atoms with E-state index in [2.05, 4.69) is 48.2 Å². The first-order chi connectivity index (χ1) is 13.0. The molecular formula is C21H37N5S. The number of guanidine groups is 1. The van der Waals surface area contributed by atoms with Gasteiger partial charge in [0.1, 0.15) is 0 Å². The Bertz CT molecular complexity index is 616. The van der Waals surface area contributed by atoms with Crippen LogP contribution in [-0.2, 0) is 13.0 Å². The van der Waals surface area contributed by atoms with Gasteiger partial charge in [-0.25, -0.2) is 4.98 Å². The summed E-state index contributed by atoms with van der Waals surface area (Å²) in [4.78, 5) is 14.7. The van der Waals surface area contributed by atoms with Gasteiger partial charge in [0.25, 0.3) is 0 Å². The number of hydrogen-bond donors (Lipinski definition) is 1. The van der Waals surface area contributed by atoms with Crippen molar-refractivity contribution >= 4 is 17.3 Å². The Labute approximate surface area is 169 Å². The molecule has 0 aliphatic carbocycles. The molecule has 1 aromatic rings. The third kappa shape index (κ3) is 5.92. The summed E-state index contributed by atoms with van der Waals surface area (Å²) in [6, 6.07) is 0. The SMILES string of the molecule is CCNC(=NCC1CCN(Cc2csc(CC)n2)CC1)N1CCC(C)(C)C1. The molecule has 5 nitrogen and oxygen atoms in total. The highest BCUT2D eigenvalue weighted by Gasteiger charge is 2.31. The number of rotatable bonds is 6. The zero-order chi connectivity index (χ0) is 19.3. The molecule has 2 fully saturated rings. The minimum Gasteiger partial charge on any atom is -0.357 e. The highest BCUT2D eigenvalue weighted by molar-refractivity contribution is 7.09. The second-order valence-electron chi connectivity index (χ2n) is 8.84. The fourth-order valence-electron chi connectivity index (χ4n) is 4.07. The Morgan fingerprint density at radius 2 is 2.07 bits per heavy atom. The molecule has 1 N–H and O–H groups in total. The molecule has 1 aromatic heterocycles. The van der Waals surface area contributed by atoms with E-state index >= 15 is 0 Å². The molecule has 2 aliphatic heterocycles. The van der Waals surface area contributed by atoms with Gasteiger partial charge in [0, 0.05) is 38.1 Å². The van der Waals surface area contributed by atoms with Crippen molar-refractivity contribution in [2.24, 2.45) is 16.3 Å². The summed E-state index contributed by atoms with van der Waals surface area (Å²) >= 11 is 1.80. The van der Waals surface area contributed by atoms with Gasteiger partial charge in [0.05, 0.1) is 10.7 Å². The molecule has 3 heterocycles. The van der Waals surface area contributed by atoms with E-state index in [-0.39, 0.29) is 0 Å². The van der Waals surface area contributed by atoms with Crippen LogP contribution < -0.4 is 5.32 Å².